The van der Waals surface area contributed by atoms with E-state index in [1.165, 1.54) is 41.7 Å². The van der Waals surface area contributed by atoms with E-state index in [0.717, 1.165) is 39.0 Å². The third-order valence-corrected chi connectivity index (χ3v) is 5.45. The molecule has 0 atom stereocenters. The molecule has 132 valence electrons. The molecule has 1 aliphatic heterocycles. The number of carbonyl (C=O) groups excluding carboxylic acids is 1. The minimum absolute atomic E-state index is 0.204. The molecule has 1 amide bonds. The molecule has 0 aromatic heterocycles. The third kappa shape index (κ3) is 3.76. The van der Waals surface area contributed by atoms with Crippen molar-refractivity contribution >= 4 is 5.91 Å². The number of fused-ring (bicyclic) bond motifs is 1. The minimum Gasteiger partial charge on any atom is -0.493 e. The lowest BCUT2D eigenvalue weighted by Gasteiger charge is -2.33. The number of rotatable bonds is 4. The van der Waals surface area contributed by atoms with Gasteiger partial charge in [0.25, 0.3) is 0 Å². The van der Waals surface area contributed by atoms with Crippen LogP contribution in [0.25, 0.3) is 0 Å². The highest BCUT2D eigenvalue weighted by Gasteiger charge is 2.27. The normalized spacial score (nSPS) is 18.6. The van der Waals surface area contributed by atoms with Crippen LogP contribution in [0.1, 0.15) is 69.1 Å². The summed E-state index contributed by atoms with van der Waals surface area (Å²) in [5.74, 6) is 2.45. The van der Waals surface area contributed by atoms with E-state index in [0.29, 0.717) is 11.8 Å². The quantitative estimate of drug-likeness (QED) is 0.823. The van der Waals surface area contributed by atoms with Gasteiger partial charge in [0.15, 0.2) is 0 Å². The smallest absolute Gasteiger partial charge is 0.219 e. The van der Waals surface area contributed by atoms with E-state index < -0.39 is 0 Å². The molecule has 2 aliphatic rings. The molecule has 1 fully saturated rings. The van der Waals surface area contributed by atoms with Gasteiger partial charge in [-0.05, 0) is 67.1 Å². The summed E-state index contributed by atoms with van der Waals surface area (Å²) in [6.45, 7) is 8.63. The number of likely N-dealkylation sites (tertiary alicyclic amines) is 1. The van der Waals surface area contributed by atoms with Crippen molar-refractivity contribution in [1.29, 1.82) is 0 Å². The fourth-order valence-corrected chi connectivity index (χ4v) is 4.06. The number of ether oxygens (including phenoxy) is 1. The lowest BCUT2D eigenvalue weighted by atomic mass is 9.83. The zero-order chi connectivity index (χ0) is 17.1. The highest BCUT2D eigenvalue weighted by atomic mass is 16.5. The molecule has 0 saturated carbocycles. The number of benzene rings is 1. The summed E-state index contributed by atoms with van der Waals surface area (Å²) in [4.78, 5) is 13.6. The van der Waals surface area contributed by atoms with Gasteiger partial charge in [0, 0.05) is 20.0 Å². The molecule has 1 heterocycles. The van der Waals surface area contributed by atoms with Gasteiger partial charge in [-0.15, -0.1) is 0 Å². The van der Waals surface area contributed by atoms with Crippen LogP contribution >= 0.6 is 0 Å². The fraction of sp³-hybridized carbons (Fsp3) is 0.667. The zero-order valence-electron chi connectivity index (χ0n) is 15.4. The van der Waals surface area contributed by atoms with Gasteiger partial charge in [0.2, 0.25) is 5.91 Å². The number of carbonyl (C=O) groups is 1. The molecule has 0 spiro atoms. The van der Waals surface area contributed by atoms with Crippen molar-refractivity contribution in [2.45, 2.75) is 65.2 Å². The van der Waals surface area contributed by atoms with Crippen molar-refractivity contribution in [2.75, 3.05) is 19.7 Å². The highest BCUT2D eigenvalue weighted by molar-refractivity contribution is 5.73. The largest absolute Gasteiger partial charge is 0.493 e. The maximum absolute atomic E-state index is 11.6. The van der Waals surface area contributed by atoms with E-state index in [4.69, 9.17) is 4.74 Å². The van der Waals surface area contributed by atoms with Crippen LogP contribution in [0, 0.1) is 5.92 Å². The topological polar surface area (TPSA) is 29.5 Å². The highest BCUT2D eigenvalue weighted by Crippen LogP contribution is 2.40. The van der Waals surface area contributed by atoms with Crippen molar-refractivity contribution in [1.82, 2.24) is 4.90 Å². The van der Waals surface area contributed by atoms with Gasteiger partial charge in [0.1, 0.15) is 5.75 Å². The second-order valence-electron chi connectivity index (χ2n) is 7.81. The van der Waals surface area contributed by atoms with Crippen LogP contribution in [-0.4, -0.2) is 30.5 Å². The lowest BCUT2D eigenvalue weighted by Crippen LogP contribution is -2.36. The van der Waals surface area contributed by atoms with E-state index in [-0.39, 0.29) is 5.91 Å². The Bertz CT molecular complexity index is 586. The number of nitrogens with zero attached hydrogens (tertiary/aromatic N) is 1. The van der Waals surface area contributed by atoms with Crippen molar-refractivity contribution in [3.8, 4) is 5.75 Å². The second-order valence-corrected chi connectivity index (χ2v) is 7.81. The Morgan fingerprint density at radius 1 is 1.21 bits per heavy atom. The number of hydrogen-bond acceptors (Lipinski definition) is 2. The van der Waals surface area contributed by atoms with Crippen LogP contribution in [0.3, 0.4) is 0 Å². The van der Waals surface area contributed by atoms with Gasteiger partial charge < -0.3 is 9.64 Å². The van der Waals surface area contributed by atoms with E-state index in [2.05, 4.69) is 26.0 Å². The summed E-state index contributed by atoms with van der Waals surface area (Å²) in [5, 5.41) is 0. The summed E-state index contributed by atoms with van der Waals surface area (Å²) < 4.78 is 6.34. The first-order valence-corrected chi connectivity index (χ1v) is 9.59. The zero-order valence-corrected chi connectivity index (χ0v) is 15.4. The SMILES string of the molecule is CC(=O)N1CCC(c2ccc3c(c2OCC(C)C)CCCC3)CC1. The van der Waals surface area contributed by atoms with Gasteiger partial charge in [0.05, 0.1) is 6.61 Å². The number of aryl methyl sites for hydroxylation is 1. The van der Waals surface area contributed by atoms with Gasteiger partial charge in [-0.1, -0.05) is 26.0 Å². The summed E-state index contributed by atoms with van der Waals surface area (Å²) in [5.41, 5.74) is 4.35. The average molecular weight is 329 g/mol. The van der Waals surface area contributed by atoms with Gasteiger partial charge >= 0.3 is 0 Å². The minimum atomic E-state index is 0.204. The molecule has 1 saturated heterocycles. The Morgan fingerprint density at radius 3 is 2.58 bits per heavy atom. The molecular weight excluding hydrogens is 298 g/mol. The van der Waals surface area contributed by atoms with Crippen molar-refractivity contribution < 1.29 is 9.53 Å². The second kappa shape index (κ2) is 7.58. The van der Waals surface area contributed by atoms with Gasteiger partial charge in [-0.25, -0.2) is 0 Å². The molecule has 0 unspecified atom stereocenters. The molecular formula is C21H31NO2. The molecule has 3 heteroatoms. The first kappa shape index (κ1) is 17.3. The van der Waals surface area contributed by atoms with E-state index in [1.54, 1.807) is 6.92 Å². The molecule has 1 aliphatic carbocycles. The summed E-state index contributed by atoms with van der Waals surface area (Å²) >= 11 is 0. The van der Waals surface area contributed by atoms with Crippen LogP contribution in [0.15, 0.2) is 12.1 Å². The van der Waals surface area contributed by atoms with Crippen molar-refractivity contribution in [2.24, 2.45) is 5.92 Å². The Labute approximate surface area is 146 Å². The average Bonchev–Trinajstić information content (AvgIpc) is 2.59. The monoisotopic (exact) mass is 329 g/mol. The van der Waals surface area contributed by atoms with Crippen LogP contribution in [-0.2, 0) is 17.6 Å². The Morgan fingerprint density at radius 2 is 1.92 bits per heavy atom. The standard InChI is InChI=1S/C21H31NO2/c1-15(2)14-24-21-19-7-5-4-6-17(19)8-9-20(21)18-10-12-22(13-11-18)16(3)23/h8-9,15,18H,4-7,10-14H2,1-3H3. The predicted octanol–water partition coefficient (Wildman–Crippen LogP) is 4.33. The Balaban J connectivity index is 1.85. The van der Waals surface area contributed by atoms with Crippen molar-refractivity contribution in [3.63, 3.8) is 0 Å². The first-order valence-electron chi connectivity index (χ1n) is 9.59. The molecule has 24 heavy (non-hydrogen) atoms. The Kier molecular flexibility index (Phi) is 5.47. The van der Waals surface area contributed by atoms with Crippen LogP contribution < -0.4 is 4.74 Å². The van der Waals surface area contributed by atoms with E-state index in [9.17, 15) is 4.79 Å². The predicted molar refractivity (Wildman–Crippen MR) is 97.6 cm³/mol. The van der Waals surface area contributed by atoms with Gasteiger partial charge in [-0.2, -0.15) is 0 Å². The maximum Gasteiger partial charge on any atom is 0.219 e. The molecule has 0 N–H and O–H groups in total. The number of piperidine rings is 1. The van der Waals surface area contributed by atoms with Gasteiger partial charge in [-0.3, -0.25) is 4.79 Å². The van der Waals surface area contributed by atoms with E-state index >= 15 is 0 Å². The summed E-state index contributed by atoms with van der Waals surface area (Å²) in [6, 6.07) is 4.65. The first-order chi connectivity index (χ1) is 11.6. The van der Waals surface area contributed by atoms with Crippen LogP contribution in [0.2, 0.25) is 0 Å². The summed E-state index contributed by atoms with van der Waals surface area (Å²) in [7, 11) is 0. The number of amides is 1. The fourth-order valence-electron chi connectivity index (χ4n) is 4.06. The molecule has 3 rings (SSSR count). The Hall–Kier alpha value is -1.51. The molecule has 1 aromatic rings. The van der Waals surface area contributed by atoms with Crippen LogP contribution in [0.4, 0.5) is 0 Å². The third-order valence-electron chi connectivity index (χ3n) is 5.45. The molecule has 0 bridgehead atoms. The lowest BCUT2D eigenvalue weighted by molar-refractivity contribution is -0.129. The molecule has 0 radical (unpaired) electrons. The maximum atomic E-state index is 11.6. The van der Waals surface area contributed by atoms with E-state index in [1.807, 2.05) is 4.90 Å². The van der Waals surface area contributed by atoms with Crippen molar-refractivity contribution in [3.05, 3.63) is 28.8 Å². The summed E-state index contributed by atoms with van der Waals surface area (Å²) in [6.07, 6.45) is 7.02. The number of hydrogen-bond donors (Lipinski definition) is 0. The molecule has 1 aromatic carbocycles. The molecule has 3 nitrogen and oxygen atoms in total. The van der Waals surface area contributed by atoms with Crippen LogP contribution in [0.5, 0.6) is 5.75 Å².